The first-order valence-corrected chi connectivity index (χ1v) is 9.70. The van der Waals surface area contributed by atoms with Crippen LogP contribution in [-0.4, -0.2) is 65.5 Å². The molecule has 1 amide bonds. The topological polar surface area (TPSA) is 84.2 Å². The van der Waals surface area contributed by atoms with Crippen LogP contribution in [0.15, 0.2) is 41.3 Å². The highest BCUT2D eigenvalue weighted by Crippen LogP contribution is 2.17. The zero-order chi connectivity index (χ0) is 20.8. The van der Waals surface area contributed by atoms with E-state index < -0.39 is 5.56 Å². The number of amides is 1. The Balaban J connectivity index is 1.64. The van der Waals surface area contributed by atoms with Crippen LogP contribution in [0.25, 0.3) is 0 Å². The van der Waals surface area contributed by atoms with Gasteiger partial charge >= 0.3 is 6.09 Å². The minimum atomic E-state index is -0.421. The van der Waals surface area contributed by atoms with Crippen molar-refractivity contribution in [3.63, 3.8) is 0 Å². The molecular weight excluding hydrogens is 374 g/mol. The van der Waals surface area contributed by atoms with Crippen LogP contribution in [0.3, 0.4) is 0 Å². The number of aromatic nitrogens is 1. The Labute approximate surface area is 169 Å². The number of hydrogen-bond donors (Lipinski definition) is 1. The monoisotopic (exact) mass is 401 g/mol. The van der Waals surface area contributed by atoms with E-state index in [0.29, 0.717) is 51.4 Å². The molecule has 1 aromatic heterocycles. The van der Waals surface area contributed by atoms with Crippen LogP contribution in [0.1, 0.15) is 18.1 Å². The lowest BCUT2D eigenvalue weighted by Crippen LogP contribution is -2.48. The van der Waals surface area contributed by atoms with Gasteiger partial charge in [-0.05, 0) is 30.7 Å². The summed E-state index contributed by atoms with van der Waals surface area (Å²) in [7, 11) is 1.60. The first-order valence-electron chi connectivity index (χ1n) is 9.70. The van der Waals surface area contributed by atoms with E-state index in [2.05, 4.69) is 4.90 Å². The molecule has 0 unspecified atom stereocenters. The van der Waals surface area contributed by atoms with Crippen LogP contribution >= 0.6 is 0 Å². The predicted molar refractivity (Wildman–Crippen MR) is 108 cm³/mol. The first-order chi connectivity index (χ1) is 14.0. The van der Waals surface area contributed by atoms with Gasteiger partial charge in [-0.25, -0.2) is 4.79 Å². The number of benzene rings is 1. The Morgan fingerprint density at radius 3 is 2.59 bits per heavy atom. The summed E-state index contributed by atoms with van der Waals surface area (Å²) >= 11 is 0. The third kappa shape index (κ3) is 5.08. The molecule has 1 N–H and O–H groups in total. The second-order valence-corrected chi connectivity index (χ2v) is 6.94. The lowest BCUT2D eigenvalue weighted by molar-refractivity contribution is 0.0776. The van der Waals surface area contributed by atoms with Gasteiger partial charge < -0.3 is 24.0 Å². The minimum absolute atomic E-state index is 0.233. The van der Waals surface area contributed by atoms with Gasteiger partial charge in [0.15, 0.2) is 5.75 Å². The number of carbonyl (C=O) groups is 1. The zero-order valence-corrected chi connectivity index (χ0v) is 16.8. The van der Waals surface area contributed by atoms with Crippen LogP contribution in [0.4, 0.5) is 4.79 Å². The summed E-state index contributed by atoms with van der Waals surface area (Å²) in [6.45, 7) is 5.39. The van der Waals surface area contributed by atoms with E-state index in [1.165, 1.54) is 4.57 Å². The molecule has 2 aromatic rings. The molecule has 2 heterocycles. The molecule has 0 atom stereocenters. The molecule has 156 valence electrons. The molecular formula is C21H27N3O5. The SMILES string of the molecule is CCOC(=O)N1CCN(Cc2ccn(Cc3cccc(OC)c3)c(=O)c2O)CC1. The molecule has 3 rings (SSSR count). The van der Waals surface area contributed by atoms with Crippen LogP contribution in [0, 0.1) is 0 Å². The highest BCUT2D eigenvalue weighted by atomic mass is 16.6. The first kappa shape index (κ1) is 20.7. The summed E-state index contributed by atoms with van der Waals surface area (Å²) in [6, 6.07) is 9.25. The number of aromatic hydroxyl groups is 1. The van der Waals surface area contributed by atoms with Crippen molar-refractivity contribution in [2.45, 2.75) is 20.0 Å². The van der Waals surface area contributed by atoms with Gasteiger partial charge in [-0.1, -0.05) is 12.1 Å². The summed E-state index contributed by atoms with van der Waals surface area (Å²) in [5.41, 5.74) is 1.07. The molecule has 0 radical (unpaired) electrons. The summed E-state index contributed by atoms with van der Waals surface area (Å²) in [4.78, 5) is 28.2. The second-order valence-electron chi connectivity index (χ2n) is 6.94. The Morgan fingerprint density at radius 2 is 1.90 bits per heavy atom. The average Bonchev–Trinajstić information content (AvgIpc) is 2.74. The van der Waals surface area contributed by atoms with Crippen molar-refractivity contribution in [3.05, 3.63) is 58.0 Å². The molecule has 1 aliphatic rings. The largest absolute Gasteiger partial charge is 0.503 e. The van der Waals surface area contributed by atoms with Gasteiger partial charge in [-0.2, -0.15) is 0 Å². The smallest absolute Gasteiger partial charge is 0.409 e. The maximum atomic E-state index is 12.6. The van der Waals surface area contributed by atoms with Crippen molar-refractivity contribution in [1.82, 2.24) is 14.4 Å². The van der Waals surface area contributed by atoms with E-state index >= 15 is 0 Å². The Hall–Kier alpha value is -3.00. The van der Waals surface area contributed by atoms with Crippen LogP contribution in [0.5, 0.6) is 11.5 Å². The Bertz CT molecular complexity index is 903. The van der Waals surface area contributed by atoms with Crippen molar-refractivity contribution in [3.8, 4) is 11.5 Å². The van der Waals surface area contributed by atoms with Crippen molar-refractivity contribution < 1.29 is 19.4 Å². The van der Waals surface area contributed by atoms with Gasteiger partial charge in [-0.15, -0.1) is 0 Å². The lowest BCUT2D eigenvalue weighted by Gasteiger charge is -2.34. The van der Waals surface area contributed by atoms with Gasteiger partial charge in [0.1, 0.15) is 5.75 Å². The van der Waals surface area contributed by atoms with E-state index in [1.807, 2.05) is 24.3 Å². The summed E-state index contributed by atoms with van der Waals surface area (Å²) in [5, 5.41) is 10.4. The maximum Gasteiger partial charge on any atom is 0.409 e. The highest BCUT2D eigenvalue weighted by molar-refractivity contribution is 5.67. The number of methoxy groups -OCH3 is 1. The van der Waals surface area contributed by atoms with Gasteiger partial charge in [0.25, 0.3) is 5.56 Å². The molecule has 8 heteroatoms. The molecule has 0 bridgehead atoms. The Morgan fingerprint density at radius 1 is 1.14 bits per heavy atom. The van der Waals surface area contributed by atoms with Gasteiger partial charge in [0.2, 0.25) is 0 Å². The molecule has 0 saturated carbocycles. The van der Waals surface area contributed by atoms with Crippen LogP contribution < -0.4 is 10.3 Å². The van der Waals surface area contributed by atoms with E-state index in [1.54, 1.807) is 31.2 Å². The fourth-order valence-corrected chi connectivity index (χ4v) is 3.36. The normalized spacial score (nSPS) is 14.6. The summed E-state index contributed by atoms with van der Waals surface area (Å²) in [5.74, 6) is 0.488. The van der Waals surface area contributed by atoms with E-state index in [-0.39, 0.29) is 11.8 Å². The number of nitrogens with zero attached hydrogens (tertiary/aromatic N) is 3. The third-order valence-corrected chi connectivity index (χ3v) is 5.00. The standard InChI is InChI=1S/C21H27N3O5/c1-3-29-21(27)23-11-9-22(10-12-23)15-17-7-8-24(20(26)19(17)25)14-16-5-4-6-18(13-16)28-2/h4-8,13,25H,3,9-12,14-15H2,1-2H3. The second kappa shape index (κ2) is 9.47. The van der Waals surface area contributed by atoms with Crippen molar-refractivity contribution in [2.24, 2.45) is 0 Å². The highest BCUT2D eigenvalue weighted by Gasteiger charge is 2.23. The van der Waals surface area contributed by atoms with E-state index in [9.17, 15) is 14.7 Å². The lowest BCUT2D eigenvalue weighted by atomic mass is 10.2. The zero-order valence-electron chi connectivity index (χ0n) is 16.8. The maximum absolute atomic E-state index is 12.6. The molecule has 1 saturated heterocycles. The molecule has 29 heavy (non-hydrogen) atoms. The van der Waals surface area contributed by atoms with Gasteiger partial charge in [0.05, 0.1) is 20.3 Å². The summed E-state index contributed by atoms with van der Waals surface area (Å²) < 4.78 is 11.7. The molecule has 0 aliphatic carbocycles. The number of rotatable bonds is 6. The predicted octanol–water partition coefficient (Wildman–Crippen LogP) is 1.88. The van der Waals surface area contributed by atoms with E-state index in [0.717, 1.165) is 11.3 Å². The quantitative estimate of drug-likeness (QED) is 0.796. The van der Waals surface area contributed by atoms with Gasteiger partial charge in [0, 0.05) is 44.5 Å². The van der Waals surface area contributed by atoms with Gasteiger partial charge in [-0.3, -0.25) is 9.69 Å². The molecule has 1 fully saturated rings. The van der Waals surface area contributed by atoms with E-state index in [4.69, 9.17) is 9.47 Å². The number of hydrogen-bond acceptors (Lipinski definition) is 6. The number of carbonyl (C=O) groups excluding carboxylic acids is 1. The molecule has 1 aromatic carbocycles. The van der Waals surface area contributed by atoms with Crippen molar-refractivity contribution >= 4 is 6.09 Å². The number of ether oxygens (including phenoxy) is 2. The third-order valence-electron chi connectivity index (χ3n) is 5.00. The minimum Gasteiger partial charge on any atom is -0.503 e. The van der Waals surface area contributed by atoms with Crippen molar-refractivity contribution in [2.75, 3.05) is 39.9 Å². The average molecular weight is 401 g/mol. The molecule has 1 aliphatic heterocycles. The fraction of sp³-hybridized carbons (Fsp3) is 0.429. The van der Waals surface area contributed by atoms with Crippen LogP contribution in [0.2, 0.25) is 0 Å². The number of pyridine rings is 1. The molecule has 0 spiro atoms. The Kier molecular flexibility index (Phi) is 6.77. The fourth-order valence-electron chi connectivity index (χ4n) is 3.36. The van der Waals surface area contributed by atoms with Crippen LogP contribution in [-0.2, 0) is 17.8 Å². The summed E-state index contributed by atoms with van der Waals surface area (Å²) in [6.07, 6.45) is 1.40. The molecule has 8 nitrogen and oxygen atoms in total. The van der Waals surface area contributed by atoms with Crippen molar-refractivity contribution in [1.29, 1.82) is 0 Å². The number of piperazine rings is 1.